The van der Waals surface area contributed by atoms with E-state index in [1.807, 2.05) is 32.0 Å². The van der Waals surface area contributed by atoms with Crippen LogP contribution < -0.4 is 0 Å². The van der Waals surface area contributed by atoms with Gasteiger partial charge in [-0.25, -0.2) is 4.39 Å². The third kappa shape index (κ3) is 1.89. The standard InChI is InChI=1S/C13H12FN/c1-9-4-3-5-12(10(9)2)13-8-11(14)6-7-15-13/h3-8H,1-2H3. The van der Waals surface area contributed by atoms with E-state index < -0.39 is 0 Å². The molecule has 1 heterocycles. The van der Waals surface area contributed by atoms with E-state index in [9.17, 15) is 4.39 Å². The first-order valence-electron chi connectivity index (χ1n) is 4.86. The zero-order chi connectivity index (χ0) is 10.8. The highest BCUT2D eigenvalue weighted by Gasteiger charge is 2.05. The summed E-state index contributed by atoms with van der Waals surface area (Å²) in [5.74, 6) is -0.249. The number of hydrogen-bond acceptors (Lipinski definition) is 1. The molecule has 0 saturated heterocycles. The highest BCUT2D eigenvalue weighted by Crippen LogP contribution is 2.23. The number of aryl methyl sites for hydroxylation is 1. The lowest BCUT2D eigenvalue weighted by Crippen LogP contribution is -1.90. The van der Waals surface area contributed by atoms with Crippen molar-refractivity contribution in [2.75, 3.05) is 0 Å². The van der Waals surface area contributed by atoms with Crippen LogP contribution in [0.4, 0.5) is 4.39 Å². The Morgan fingerprint density at radius 3 is 2.67 bits per heavy atom. The van der Waals surface area contributed by atoms with Crippen LogP contribution in [0.25, 0.3) is 11.3 Å². The van der Waals surface area contributed by atoms with Crippen molar-refractivity contribution >= 4 is 0 Å². The van der Waals surface area contributed by atoms with Crippen LogP contribution in [0.15, 0.2) is 36.5 Å². The molecule has 76 valence electrons. The normalized spacial score (nSPS) is 10.3. The van der Waals surface area contributed by atoms with Crippen molar-refractivity contribution in [2.45, 2.75) is 13.8 Å². The number of aromatic nitrogens is 1. The highest BCUT2D eigenvalue weighted by molar-refractivity contribution is 5.64. The maximum atomic E-state index is 13.0. The van der Waals surface area contributed by atoms with Crippen molar-refractivity contribution in [3.8, 4) is 11.3 Å². The van der Waals surface area contributed by atoms with Gasteiger partial charge in [0.25, 0.3) is 0 Å². The molecular weight excluding hydrogens is 189 g/mol. The number of halogens is 1. The van der Waals surface area contributed by atoms with Gasteiger partial charge in [-0.05, 0) is 31.0 Å². The van der Waals surface area contributed by atoms with Gasteiger partial charge in [-0.3, -0.25) is 4.98 Å². The Labute approximate surface area is 88.6 Å². The van der Waals surface area contributed by atoms with E-state index >= 15 is 0 Å². The van der Waals surface area contributed by atoms with E-state index in [4.69, 9.17) is 0 Å². The molecule has 2 aromatic rings. The molecule has 0 fully saturated rings. The molecule has 0 N–H and O–H groups in total. The fourth-order valence-corrected chi connectivity index (χ4v) is 1.58. The van der Waals surface area contributed by atoms with Gasteiger partial charge in [0, 0.05) is 17.8 Å². The largest absolute Gasteiger partial charge is 0.256 e. The summed E-state index contributed by atoms with van der Waals surface area (Å²) in [5.41, 5.74) is 4.03. The molecule has 0 radical (unpaired) electrons. The maximum absolute atomic E-state index is 13.0. The van der Waals surface area contributed by atoms with Gasteiger partial charge in [0.2, 0.25) is 0 Å². The van der Waals surface area contributed by atoms with Gasteiger partial charge in [-0.15, -0.1) is 0 Å². The summed E-state index contributed by atoms with van der Waals surface area (Å²) in [6.45, 7) is 4.06. The first kappa shape index (κ1) is 9.84. The summed E-state index contributed by atoms with van der Waals surface area (Å²) < 4.78 is 13.0. The Balaban J connectivity index is 2.59. The number of hydrogen-bond donors (Lipinski definition) is 0. The molecule has 15 heavy (non-hydrogen) atoms. The lowest BCUT2D eigenvalue weighted by Gasteiger charge is -2.07. The fourth-order valence-electron chi connectivity index (χ4n) is 1.58. The molecular formula is C13H12FN. The molecule has 1 aromatic heterocycles. The molecule has 0 aliphatic rings. The predicted octanol–water partition coefficient (Wildman–Crippen LogP) is 3.50. The average Bonchev–Trinajstić information content (AvgIpc) is 2.22. The number of benzene rings is 1. The molecule has 0 saturated carbocycles. The van der Waals surface area contributed by atoms with E-state index in [0.717, 1.165) is 11.1 Å². The minimum Gasteiger partial charge on any atom is -0.256 e. The van der Waals surface area contributed by atoms with Crippen molar-refractivity contribution in [3.63, 3.8) is 0 Å². The number of rotatable bonds is 1. The molecule has 0 amide bonds. The minimum absolute atomic E-state index is 0.249. The third-order valence-electron chi connectivity index (χ3n) is 2.60. The summed E-state index contributed by atoms with van der Waals surface area (Å²) >= 11 is 0. The molecule has 1 aromatic carbocycles. The van der Waals surface area contributed by atoms with Crippen molar-refractivity contribution < 1.29 is 4.39 Å². The van der Waals surface area contributed by atoms with Crippen molar-refractivity contribution in [1.29, 1.82) is 0 Å². The number of pyridine rings is 1. The monoisotopic (exact) mass is 201 g/mol. The number of nitrogens with zero attached hydrogens (tertiary/aromatic N) is 1. The molecule has 0 spiro atoms. The Morgan fingerprint density at radius 1 is 1.13 bits per heavy atom. The van der Waals surface area contributed by atoms with Crippen LogP contribution in [-0.2, 0) is 0 Å². The Morgan fingerprint density at radius 2 is 1.93 bits per heavy atom. The van der Waals surface area contributed by atoms with Crippen LogP contribution in [0.2, 0.25) is 0 Å². The molecule has 0 unspecified atom stereocenters. The van der Waals surface area contributed by atoms with Crippen LogP contribution in [0.5, 0.6) is 0 Å². The molecule has 2 rings (SSSR count). The second kappa shape index (κ2) is 3.81. The second-order valence-electron chi connectivity index (χ2n) is 3.61. The highest BCUT2D eigenvalue weighted by atomic mass is 19.1. The van der Waals surface area contributed by atoms with Crippen LogP contribution >= 0.6 is 0 Å². The van der Waals surface area contributed by atoms with Crippen molar-refractivity contribution in [2.24, 2.45) is 0 Å². The fraction of sp³-hybridized carbons (Fsp3) is 0.154. The van der Waals surface area contributed by atoms with E-state index in [2.05, 4.69) is 4.98 Å². The van der Waals surface area contributed by atoms with Gasteiger partial charge >= 0.3 is 0 Å². The van der Waals surface area contributed by atoms with Gasteiger partial charge in [-0.1, -0.05) is 18.2 Å². The SMILES string of the molecule is Cc1cccc(-c2cc(F)ccn2)c1C. The lowest BCUT2D eigenvalue weighted by atomic mass is 10.0. The Hall–Kier alpha value is -1.70. The van der Waals surface area contributed by atoms with Crippen molar-refractivity contribution in [3.05, 3.63) is 53.5 Å². The lowest BCUT2D eigenvalue weighted by molar-refractivity contribution is 0.626. The summed E-state index contributed by atoms with van der Waals surface area (Å²) in [5, 5.41) is 0. The Bertz CT molecular complexity index is 492. The second-order valence-corrected chi connectivity index (χ2v) is 3.61. The Kier molecular flexibility index (Phi) is 2.50. The van der Waals surface area contributed by atoms with E-state index in [-0.39, 0.29) is 5.82 Å². The van der Waals surface area contributed by atoms with E-state index in [1.54, 1.807) is 0 Å². The first-order valence-corrected chi connectivity index (χ1v) is 4.86. The van der Waals surface area contributed by atoms with Gasteiger partial charge in [-0.2, -0.15) is 0 Å². The molecule has 0 aliphatic heterocycles. The van der Waals surface area contributed by atoms with E-state index in [1.165, 1.54) is 23.9 Å². The maximum Gasteiger partial charge on any atom is 0.126 e. The van der Waals surface area contributed by atoms with Gasteiger partial charge < -0.3 is 0 Å². The molecule has 1 nitrogen and oxygen atoms in total. The zero-order valence-electron chi connectivity index (χ0n) is 8.79. The summed E-state index contributed by atoms with van der Waals surface area (Å²) in [4.78, 5) is 4.17. The van der Waals surface area contributed by atoms with Gasteiger partial charge in [0.15, 0.2) is 0 Å². The third-order valence-corrected chi connectivity index (χ3v) is 2.60. The van der Waals surface area contributed by atoms with E-state index in [0.29, 0.717) is 5.69 Å². The molecule has 0 atom stereocenters. The van der Waals surface area contributed by atoms with Crippen molar-refractivity contribution in [1.82, 2.24) is 4.98 Å². The topological polar surface area (TPSA) is 12.9 Å². The van der Waals surface area contributed by atoms with Crippen LogP contribution in [0.1, 0.15) is 11.1 Å². The van der Waals surface area contributed by atoms with Crippen LogP contribution in [0, 0.1) is 19.7 Å². The zero-order valence-corrected chi connectivity index (χ0v) is 8.79. The average molecular weight is 201 g/mol. The summed E-state index contributed by atoms with van der Waals surface area (Å²) in [7, 11) is 0. The summed E-state index contributed by atoms with van der Waals surface area (Å²) in [6.07, 6.45) is 1.49. The van der Waals surface area contributed by atoms with Gasteiger partial charge in [0.1, 0.15) is 5.82 Å². The van der Waals surface area contributed by atoms with Crippen LogP contribution in [0.3, 0.4) is 0 Å². The molecule has 0 aliphatic carbocycles. The van der Waals surface area contributed by atoms with Gasteiger partial charge in [0.05, 0.1) is 5.69 Å². The smallest absolute Gasteiger partial charge is 0.126 e. The predicted molar refractivity (Wildman–Crippen MR) is 59.1 cm³/mol. The quantitative estimate of drug-likeness (QED) is 0.688. The summed E-state index contributed by atoms with van der Waals surface area (Å²) in [6, 6.07) is 8.78. The molecule has 0 bridgehead atoms. The minimum atomic E-state index is -0.249. The molecule has 2 heteroatoms. The van der Waals surface area contributed by atoms with Crippen LogP contribution in [-0.4, -0.2) is 4.98 Å². The first-order chi connectivity index (χ1) is 7.18.